The quantitative estimate of drug-likeness (QED) is 0.0771. The second kappa shape index (κ2) is 30.9. The van der Waals surface area contributed by atoms with Crippen molar-refractivity contribution in [3.63, 3.8) is 0 Å². The summed E-state index contributed by atoms with van der Waals surface area (Å²) in [5.74, 6) is -0.245. The minimum absolute atomic E-state index is 0. The third-order valence-electron chi connectivity index (χ3n) is 9.43. The van der Waals surface area contributed by atoms with E-state index in [0.29, 0.717) is 31.6 Å². The summed E-state index contributed by atoms with van der Waals surface area (Å²) in [6.45, 7) is 19.1. The van der Waals surface area contributed by atoms with Crippen LogP contribution in [0.5, 0.6) is 0 Å². The first-order valence-corrected chi connectivity index (χ1v) is 19.1. The smallest absolute Gasteiger partial charge is 1.00 e. The monoisotopic (exact) mass is 802 g/mol. The Kier molecular flexibility index (Phi) is 32.6. The molecule has 0 radical (unpaired) electrons. The van der Waals surface area contributed by atoms with Gasteiger partial charge in [-0.25, -0.2) is 4.79 Å². The maximum Gasteiger partial charge on any atom is 1.00 e. The summed E-state index contributed by atoms with van der Waals surface area (Å²) in [5, 5.41) is 8.43. The van der Waals surface area contributed by atoms with Crippen LogP contribution in [0.4, 0.5) is 0 Å². The number of thioether (sulfide) groups is 1. The number of nitrogens with two attached hydrogens (primary N) is 2. The molecule has 1 fully saturated rings. The first-order chi connectivity index (χ1) is 23.8. The molecule has 0 amide bonds. The van der Waals surface area contributed by atoms with E-state index in [2.05, 4.69) is 77.6 Å². The van der Waals surface area contributed by atoms with Crippen molar-refractivity contribution in [1.82, 2.24) is 0 Å². The Morgan fingerprint density at radius 2 is 1.40 bits per heavy atom. The SMILES string of the molecule is CCOC(=O)C1=C[C@@H](OC(CC)CC)[C@H](C)[C@@H](N)C1.CCOC(=O)[C@@H]1C[C@H](N)[C@@H](C)[C@H](OC(CC)CC)[C@@H]1Sc1ccc(C)cc1.O=CO[O-].[H-].[K+].[K+]. The van der Waals surface area contributed by atoms with E-state index in [1.165, 1.54) is 5.56 Å². The summed E-state index contributed by atoms with van der Waals surface area (Å²) in [4.78, 5) is 37.0. The van der Waals surface area contributed by atoms with Gasteiger partial charge in [-0.05, 0) is 83.4 Å². The average molecular weight is 803 g/mol. The molecule has 14 heteroatoms. The van der Waals surface area contributed by atoms with Gasteiger partial charge in [0, 0.05) is 33.7 Å². The van der Waals surface area contributed by atoms with Gasteiger partial charge in [-0.15, -0.1) is 11.8 Å². The number of hydrogen-bond acceptors (Lipinski definition) is 12. The van der Waals surface area contributed by atoms with E-state index in [4.69, 9.17) is 40.5 Å². The van der Waals surface area contributed by atoms with Crippen LogP contribution in [-0.4, -0.2) is 73.4 Å². The van der Waals surface area contributed by atoms with E-state index in [-0.39, 0.29) is 182 Å². The van der Waals surface area contributed by atoms with Gasteiger partial charge in [-0.3, -0.25) is 9.59 Å². The number of ether oxygens (including phenoxy) is 4. The van der Waals surface area contributed by atoms with Crippen LogP contribution in [0, 0.1) is 24.7 Å². The third-order valence-corrected chi connectivity index (χ3v) is 10.8. The molecular weight excluding hydrogens is 739 g/mol. The fourth-order valence-corrected chi connectivity index (χ4v) is 7.50. The summed E-state index contributed by atoms with van der Waals surface area (Å²) < 4.78 is 23.0. The zero-order valence-electron chi connectivity index (χ0n) is 34.6. The fraction of sp³-hybridized carbons (Fsp3) is 0.711. The molecule has 1 saturated carbocycles. The van der Waals surface area contributed by atoms with Crippen LogP contribution in [0.3, 0.4) is 0 Å². The Bertz CT molecular complexity index is 1160. The molecule has 0 bridgehead atoms. The topological polar surface area (TPSA) is 172 Å². The molecule has 1 aromatic rings. The minimum Gasteiger partial charge on any atom is -1.00 e. The van der Waals surface area contributed by atoms with Crippen LogP contribution in [0.2, 0.25) is 0 Å². The number of benzene rings is 1. The molecule has 3 rings (SSSR count). The Morgan fingerprint density at radius 1 is 0.885 bits per heavy atom. The Balaban J connectivity index is -0.000000848. The third kappa shape index (κ3) is 18.8. The maximum atomic E-state index is 12.7. The van der Waals surface area contributed by atoms with Crippen molar-refractivity contribution in [2.75, 3.05) is 13.2 Å². The van der Waals surface area contributed by atoms with Crippen LogP contribution < -0.4 is 119 Å². The van der Waals surface area contributed by atoms with Crippen molar-refractivity contribution in [2.24, 2.45) is 29.2 Å². The van der Waals surface area contributed by atoms with E-state index in [1.54, 1.807) is 11.8 Å². The molecule has 0 heterocycles. The second-order valence-electron chi connectivity index (χ2n) is 12.9. The molecular formula is C38H64K2N2O9S. The summed E-state index contributed by atoms with van der Waals surface area (Å²) in [7, 11) is 0. The van der Waals surface area contributed by atoms with Crippen LogP contribution >= 0.6 is 11.8 Å². The van der Waals surface area contributed by atoms with Gasteiger partial charge in [0.15, 0.2) is 0 Å². The van der Waals surface area contributed by atoms with Gasteiger partial charge >= 0.3 is 115 Å². The van der Waals surface area contributed by atoms with E-state index in [1.807, 2.05) is 19.9 Å². The molecule has 52 heavy (non-hydrogen) atoms. The Morgan fingerprint density at radius 3 is 1.88 bits per heavy atom. The molecule has 1 aromatic carbocycles. The van der Waals surface area contributed by atoms with Crippen molar-refractivity contribution >= 4 is 30.2 Å². The van der Waals surface area contributed by atoms with Gasteiger partial charge < -0.3 is 42.0 Å². The van der Waals surface area contributed by atoms with E-state index < -0.39 is 0 Å². The molecule has 4 N–H and O–H groups in total. The molecule has 0 aliphatic heterocycles. The predicted molar refractivity (Wildman–Crippen MR) is 196 cm³/mol. The first kappa shape index (κ1) is 54.9. The van der Waals surface area contributed by atoms with Crippen LogP contribution in [0.15, 0.2) is 40.8 Å². The van der Waals surface area contributed by atoms with Crippen LogP contribution in [0.1, 0.15) is 101 Å². The summed E-state index contributed by atoms with van der Waals surface area (Å²) in [5.41, 5.74) is 14.4. The van der Waals surface area contributed by atoms with Crippen molar-refractivity contribution < 1.29 is 148 Å². The predicted octanol–water partition coefficient (Wildman–Crippen LogP) is -0.452. The van der Waals surface area contributed by atoms with E-state index in [9.17, 15) is 9.59 Å². The number of esters is 2. The van der Waals surface area contributed by atoms with Crippen molar-refractivity contribution in [3.05, 3.63) is 41.5 Å². The molecule has 0 spiro atoms. The summed E-state index contributed by atoms with van der Waals surface area (Å²) in [6.07, 6.45) is 7.23. The molecule has 2 aliphatic rings. The number of rotatable bonds is 15. The Labute approximate surface area is 403 Å². The normalized spacial score (nSPS) is 25.1. The van der Waals surface area contributed by atoms with Crippen molar-refractivity contribution in [1.29, 1.82) is 0 Å². The second-order valence-corrected chi connectivity index (χ2v) is 14.2. The van der Waals surface area contributed by atoms with Gasteiger partial charge in [0.2, 0.25) is 0 Å². The maximum absolute atomic E-state index is 12.7. The van der Waals surface area contributed by atoms with Gasteiger partial charge in [-0.1, -0.05) is 59.2 Å². The van der Waals surface area contributed by atoms with E-state index in [0.717, 1.165) is 30.6 Å². The fourth-order valence-electron chi connectivity index (χ4n) is 6.06. The summed E-state index contributed by atoms with van der Waals surface area (Å²) >= 11 is 1.73. The zero-order valence-corrected chi connectivity index (χ0v) is 40.7. The van der Waals surface area contributed by atoms with Gasteiger partial charge in [0.1, 0.15) is 0 Å². The Hall–Kier alpha value is 0.793. The van der Waals surface area contributed by atoms with Gasteiger partial charge in [-0.2, -0.15) is 0 Å². The number of aryl methyl sites for hydroxylation is 1. The number of hydrogen-bond donors (Lipinski definition) is 2. The van der Waals surface area contributed by atoms with Crippen molar-refractivity contribution in [2.45, 2.75) is 147 Å². The zero-order chi connectivity index (χ0) is 37.8. The number of carbonyl (C=O) groups is 3. The summed E-state index contributed by atoms with van der Waals surface area (Å²) in [6, 6.07) is 8.34. The standard InChI is InChI=1S/C22H35NO3S.C15H27NO3.CH2O3.2K.H/c1-6-16(7-2)26-20-15(5)19(23)13-18(22(24)25-8-3)21(20)27-17-11-9-14(4)10-12-17;1-5-12(6-2)19-14-9-11(15(17)18-7-3)8-13(16)10(14)4;2-1-4-3;;;/h9-12,15-16,18-21H,6-8,13,23H2,1-5H3;9-10,12-14H,5-8,16H2,1-4H3;1,3H;;;/q;;;2*+1;-1/p-1/t15-,18-,19+,20+,21-;10-,13+,14-;;;;/m11..../s1. The van der Waals surface area contributed by atoms with Gasteiger partial charge in [0.25, 0.3) is 6.47 Å². The molecule has 0 unspecified atom stereocenters. The largest absolute Gasteiger partial charge is 1.00 e. The van der Waals surface area contributed by atoms with Gasteiger partial charge in [0.05, 0.1) is 43.5 Å². The van der Waals surface area contributed by atoms with E-state index >= 15 is 0 Å². The minimum atomic E-state index is -0.261. The molecule has 8 atom stereocenters. The van der Waals surface area contributed by atoms with Crippen molar-refractivity contribution in [3.8, 4) is 0 Å². The molecule has 0 saturated heterocycles. The number of carbonyl (C=O) groups excluding carboxylic acids is 3. The first-order valence-electron chi connectivity index (χ1n) is 18.2. The van der Waals surface area contributed by atoms with Crippen LogP contribution in [0.25, 0.3) is 0 Å². The molecule has 0 aromatic heterocycles. The molecule has 2 aliphatic carbocycles. The molecule has 11 nitrogen and oxygen atoms in total. The van der Waals surface area contributed by atoms with Crippen LogP contribution in [-0.2, 0) is 38.2 Å². The molecule has 288 valence electrons. The average Bonchev–Trinajstić information content (AvgIpc) is 3.11.